The molecule has 0 saturated carbocycles. The molecule has 0 atom stereocenters. The molecule has 5 nitrogen and oxygen atoms in total. The van der Waals surface area contributed by atoms with Crippen molar-refractivity contribution < 1.29 is 4.79 Å². The van der Waals surface area contributed by atoms with Crippen LogP contribution in [0.15, 0.2) is 6.20 Å². The molecule has 0 aromatic carbocycles. The maximum absolute atomic E-state index is 11.1. The SMILES string of the molecule is O=C(NCCCS)Nc1cnns1. The summed E-state index contributed by atoms with van der Waals surface area (Å²) in [6.07, 6.45) is 2.36. The van der Waals surface area contributed by atoms with Crippen LogP contribution in [0.4, 0.5) is 9.80 Å². The van der Waals surface area contributed by atoms with E-state index >= 15 is 0 Å². The Kier molecular flexibility index (Phi) is 4.55. The van der Waals surface area contributed by atoms with Gasteiger partial charge in [0.2, 0.25) is 0 Å². The van der Waals surface area contributed by atoms with E-state index in [4.69, 9.17) is 0 Å². The molecule has 0 unspecified atom stereocenters. The molecule has 2 N–H and O–H groups in total. The van der Waals surface area contributed by atoms with Gasteiger partial charge in [0, 0.05) is 18.1 Å². The van der Waals surface area contributed by atoms with Crippen LogP contribution in [0.1, 0.15) is 6.42 Å². The van der Waals surface area contributed by atoms with E-state index in [-0.39, 0.29) is 6.03 Å². The Morgan fingerprint density at radius 2 is 2.54 bits per heavy atom. The molecule has 1 rings (SSSR count). The van der Waals surface area contributed by atoms with Gasteiger partial charge in [0.25, 0.3) is 0 Å². The summed E-state index contributed by atoms with van der Waals surface area (Å²) in [4.78, 5) is 11.1. The number of urea groups is 1. The number of aromatic nitrogens is 2. The Morgan fingerprint density at radius 3 is 3.15 bits per heavy atom. The Labute approximate surface area is 85.5 Å². The van der Waals surface area contributed by atoms with Crippen LogP contribution >= 0.6 is 24.2 Å². The molecule has 0 bridgehead atoms. The lowest BCUT2D eigenvalue weighted by atomic mass is 10.5. The van der Waals surface area contributed by atoms with Crippen LogP contribution < -0.4 is 10.6 Å². The lowest BCUT2D eigenvalue weighted by molar-refractivity contribution is 0.252. The molecule has 13 heavy (non-hydrogen) atoms. The number of rotatable bonds is 4. The third kappa shape index (κ3) is 4.09. The van der Waals surface area contributed by atoms with Crippen LogP contribution in [-0.4, -0.2) is 27.9 Å². The first-order chi connectivity index (χ1) is 6.33. The highest BCUT2D eigenvalue weighted by atomic mass is 32.1. The van der Waals surface area contributed by atoms with Gasteiger partial charge >= 0.3 is 6.03 Å². The second-order valence-corrected chi connectivity index (χ2v) is 3.47. The highest BCUT2D eigenvalue weighted by molar-refractivity contribution is 7.80. The number of thiol groups is 1. The van der Waals surface area contributed by atoms with Gasteiger partial charge in [-0.3, -0.25) is 5.32 Å². The number of nitrogens with zero attached hydrogens (tertiary/aromatic N) is 2. The minimum atomic E-state index is -0.229. The quantitative estimate of drug-likeness (QED) is 0.521. The molecule has 1 heterocycles. The highest BCUT2D eigenvalue weighted by Gasteiger charge is 2.01. The molecule has 0 aliphatic rings. The fourth-order valence-corrected chi connectivity index (χ4v) is 1.23. The lowest BCUT2D eigenvalue weighted by Crippen LogP contribution is -2.29. The van der Waals surface area contributed by atoms with Crippen molar-refractivity contribution in [1.82, 2.24) is 14.9 Å². The summed E-state index contributed by atoms with van der Waals surface area (Å²) in [5.74, 6) is 0.766. The largest absolute Gasteiger partial charge is 0.338 e. The summed E-state index contributed by atoms with van der Waals surface area (Å²) < 4.78 is 3.61. The standard InChI is InChI=1S/C6H10N4OS2/c11-6(7-2-1-3-12)9-5-4-8-10-13-5/h4,12H,1-3H2,(H2,7,9,11). The molecule has 72 valence electrons. The van der Waals surface area contributed by atoms with E-state index in [1.54, 1.807) is 0 Å². The lowest BCUT2D eigenvalue weighted by Gasteiger charge is -2.02. The monoisotopic (exact) mass is 218 g/mol. The predicted octanol–water partition coefficient (Wildman–Crippen LogP) is 0.979. The molecule has 0 spiro atoms. The maximum atomic E-state index is 11.1. The first-order valence-electron chi connectivity index (χ1n) is 3.76. The summed E-state index contributed by atoms with van der Waals surface area (Å²) in [5, 5.41) is 9.50. The van der Waals surface area contributed by atoms with E-state index in [1.165, 1.54) is 6.20 Å². The van der Waals surface area contributed by atoms with Crippen molar-refractivity contribution >= 4 is 35.2 Å². The Morgan fingerprint density at radius 1 is 1.69 bits per heavy atom. The van der Waals surface area contributed by atoms with Crippen LogP contribution in [0.25, 0.3) is 0 Å². The van der Waals surface area contributed by atoms with E-state index < -0.39 is 0 Å². The summed E-state index contributed by atoms with van der Waals surface area (Å²) in [6, 6.07) is -0.229. The number of hydrogen-bond acceptors (Lipinski definition) is 5. The summed E-state index contributed by atoms with van der Waals surface area (Å²) in [5.41, 5.74) is 0. The molecule has 1 aromatic heterocycles. The molecule has 2 amide bonds. The molecule has 7 heteroatoms. The van der Waals surface area contributed by atoms with E-state index in [0.29, 0.717) is 11.5 Å². The Hall–Kier alpha value is -0.820. The van der Waals surface area contributed by atoms with E-state index in [2.05, 4.69) is 32.8 Å². The van der Waals surface area contributed by atoms with Crippen molar-refractivity contribution in [2.75, 3.05) is 17.6 Å². The van der Waals surface area contributed by atoms with Crippen molar-refractivity contribution in [3.8, 4) is 0 Å². The summed E-state index contributed by atoms with van der Waals surface area (Å²) in [7, 11) is 0. The predicted molar refractivity (Wildman–Crippen MR) is 55.4 cm³/mol. The number of carbonyl (C=O) groups is 1. The molecule has 0 radical (unpaired) electrons. The molecule has 1 aromatic rings. The molecule has 0 aliphatic carbocycles. The zero-order valence-corrected chi connectivity index (χ0v) is 8.57. The minimum absolute atomic E-state index is 0.229. The van der Waals surface area contributed by atoms with Crippen molar-refractivity contribution in [3.63, 3.8) is 0 Å². The third-order valence-electron chi connectivity index (χ3n) is 1.22. The zero-order valence-electron chi connectivity index (χ0n) is 6.86. The zero-order chi connectivity index (χ0) is 9.52. The molecule has 0 aliphatic heterocycles. The molecular weight excluding hydrogens is 208 g/mol. The van der Waals surface area contributed by atoms with E-state index in [0.717, 1.165) is 23.7 Å². The topological polar surface area (TPSA) is 66.9 Å². The first-order valence-corrected chi connectivity index (χ1v) is 5.16. The average molecular weight is 218 g/mol. The first kappa shape index (κ1) is 10.3. The van der Waals surface area contributed by atoms with Crippen molar-refractivity contribution in [2.24, 2.45) is 0 Å². The average Bonchev–Trinajstić information content (AvgIpc) is 2.57. The molecular formula is C6H10N4OS2. The number of nitrogens with one attached hydrogen (secondary N) is 2. The number of anilines is 1. The van der Waals surface area contributed by atoms with Gasteiger partial charge in [0.1, 0.15) is 5.00 Å². The van der Waals surface area contributed by atoms with E-state index in [9.17, 15) is 4.79 Å². The van der Waals surface area contributed by atoms with Gasteiger partial charge in [-0.2, -0.15) is 12.6 Å². The van der Waals surface area contributed by atoms with Crippen LogP contribution in [0.3, 0.4) is 0 Å². The van der Waals surface area contributed by atoms with Gasteiger partial charge in [0.05, 0.1) is 6.20 Å². The van der Waals surface area contributed by atoms with Gasteiger partial charge in [-0.25, -0.2) is 4.79 Å². The fraction of sp³-hybridized carbons (Fsp3) is 0.500. The highest BCUT2D eigenvalue weighted by Crippen LogP contribution is 2.07. The van der Waals surface area contributed by atoms with E-state index in [1.807, 2.05) is 0 Å². The van der Waals surface area contributed by atoms with Crippen LogP contribution in [0.2, 0.25) is 0 Å². The van der Waals surface area contributed by atoms with Gasteiger partial charge in [-0.1, -0.05) is 4.49 Å². The Bertz CT molecular complexity index is 251. The number of amides is 2. The van der Waals surface area contributed by atoms with Crippen LogP contribution in [0.5, 0.6) is 0 Å². The molecule has 0 saturated heterocycles. The minimum Gasteiger partial charge on any atom is -0.338 e. The van der Waals surface area contributed by atoms with Crippen LogP contribution in [0, 0.1) is 0 Å². The third-order valence-corrected chi connectivity index (χ3v) is 2.11. The van der Waals surface area contributed by atoms with Gasteiger partial charge < -0.3 is 5.32 Å². The second kappa shape index (κ2) is 5.76. The maximum Gasteiger partial charge on any atom is 0.319 e. The van der Waals surface area contributed by atoms with Crippen molar-refractivity contribution in [1.29, 1.82) is 0 Å². The Balaban J connectivity index is 2.18. The normalized spacial score (nSPS) is 9.62. The van der Waals surface area contributed by atoms with Gasteiger partial charge in [0.15, 0.2) is 0 Å². The number of carbonyl (C=O) groups excluding carboxylic acids is 1. The fourth-order valence-electron chi connectivity index (χ4n) is 0.659. The molecule has 0 fully saturated rings. The van der Waals surface area contributed by atoms with Crippen molar-refractivity contribution in [3.05, 3.63) is 6.20 Å². The van der Waals surface area contributed by atoms with Crippen molar-refractivity contribution in [2.45, 2.75) is 6.42 Å². The van der Waals surface area contributed by atoms with Gasteiger partial charge in [-0.15, -0.1) is 5.10 Å². The summed E-state index contributed by atoms with van der Waals surface area (Å²) >= 11 is 5.16. The smallest absolute Gasteiger partial charge is 0.319 e. The van der Waals surface area contributed by atoms with Gasteiger partial charge in [-0.05, 0) is 12.2 Å². The summed E-state index contributed by atoms with van der Waals surface area (Å²) in [6.45, 7) is 0.627. The number of hydrogen-bond donors (Lipinski definition) is 3. The van der Waals surface area contributed by atoms with Crippen LogP contribution in [-0.2, 0) is 0 Å². The second-order valence-electron chi connectivity index (χ2n) is 2.24.